The Hall–Kier alpha value is -3.99. The van der Waals surface area contributed by atoms with E-state index in [2.05, 4.69) is 15.5 Å². The number of para-hydroxylation sites is 2. The van der Waals surface area contributed by atoms with Gasteiger partial charge in [0.05, 0.1) is 24.1 Å². The third kappa shape index (κ3) is 6.16. The number of thioether (sulfide) groups is 1. The Bertz CT molecular complexity index is 1310. The maximum Gasteiger partial charge on any atom is 0.418 e. The smallest absolute Gasteiger partial charge is 0.418 e. The van der Waals surface area contributed by atoms with Crippen LogP contribution in [0.2, 0.25) is 0 Å². The summed E-state index contributed by atoms with van der Waals surface area (Å²) in [6.45, 7) is 0.0972. The molecule has 11 heteroatoms. The molecule has 0 spiro atoms. The number of nitrogens with one attached hydrogen (secondary N) is 1. The number of aromatic nitrogens is 3. The van der Waals surface area contributed by atoms with Crippen molar-refractivity contribution in [1.29, 1.82) is 0 Å². The third-order valence-electron chi connectivity index (χ3n) is 4.98. The molecule has 4 aromatic rings. The first-order chi connectivity index (χ1) is 17.3. The van der Waals surface area contributed by atoms with Crippen LogP contribution in [0.25, 0.3) is 5.69 Å². The first kappa shape index (κ1) is 25.1. The number of benzene rings is 3. The maximum atomic E-state index is 13.2. The second-order valence-electron chi connectivity index (χ2n) is 7.41. The van der Waals surface area contributed by atoms with Crippen LogP contribution in [0.1, 0.15) is 11.4 Å². The molecular weight excluding hydrogens is 493 g/mol. The van der Waals surface area contributed by atoms with Gasteiger partial charge in [-0.1, -0.05) is 42.1 Å². The lowest BCUT2D eigenvalue weighted by atomic mass is 10.1. The average molecular weight is 515 g/mol. The van der Waals surface area contributed by atoms with Crippen molar-refractivity contribution in [2.45, 2.75) is 17.9 Å². The normalized spacial score (nSPS) is 11.2. The highest BCUT2D eigenvalue weighted by Gasteiger charge is 2.33. The van der Waals surface area contributed by atoms with Crippen molar-refractivity contribution in [2.75, 3.05) is 18.2 Å². The zero-order valence-electron chi connectivity index (χ0n) is 19.0. The number of hydrogen-bond donors (Lipinski definition) is 1. The molecule has 4 rings (SSSR count). The third-order valence-corrected chi connectivity index (χ3v) is 5.91. The summed E-state index contributed by atoms with van der Waals surface area (Å²) in [4.78, 5) is 12.5. The Labute approximate surface area is 209 Å². The van der Waals surface area contributed by atoms with E-state index in [0.717, 1.165) is 23.5 Å². The minimum atomic E-state index is -4.58. The summed E-state index contributed by atoms with van der Waals surface area (Å²) < 4.78 is 52.4. The zero-order valence-corrected chi connectivity index (χ0v) is 19.8. The van der Waals surface area contributed by atoms with Gasteiger partial charge in [0.1, 0.15) is 18.1 Å². The van der Waals surface area contributed by atoms with Gasteiger partial charge in [-0.2, -0.15) is 13.2 Å². The standard InChI is InChI=1S/C25H21F3N4O3S/c1-34-18-11-13-19(14-12-18)35-15-22-30-31-24(32(22)17-7-3-2-4-8-17)36-16-23(33)29-21-10-6-5-9-20(21)25(26,27)28/h2-14H,15-16H2,1H3,(H,29,33). The van der Waals surface area contributed by atoms with Crippen molar-refractivity contribution in [3.8, 4) is 17.2 Å². The number of hydrogen-bond acceptors (Lipinski definition) is 6. The van der Waals surface area contributed by atoms with Gasteiger partial charge in [0.15, 0.2) is 11.0 Å². The van der Waals surface area contributed by atoms with Crippen LogP contribution in [0.3, 0.4) is 0 Å². The van der Waals surface area contributed by atoms with Crippen LogP contribution in [0, 0.1) is 0 Å². The highest BCUT2D eigenvalue weighted by Crippen LogP contribution is 2.34. The molecule has 3 aromatic carbocycles. The average Bonchev–Trinajstić information content (AvgIpc) is 3.29. The summed E-state index contributed by atoms with van der Waals surface area (Å²) in [5.74, 6) is 1.02. The number of amides is 1. The van der Waals surface area contributed by atoms with E-state index in [0.29, 0.717) is 22.5 Å². The number of alkyl halides is 3. The number of ether oxygens (including phenoxy) is 2. The van der Waals surface area contributed by atoms with Gasteiger partial charge in [-0.15, -0.1) is 10.2 Å². The summed E-state index contributed by atoms with van der Waals surface area (Å²) in [7, 11) is 1.58. The number of anilines is 1. The summed E-state index contributed by atoms with van der Waals surface area (Å²) in [5.41, 5.74) is -0.455. The van der Waals surface area contributed by atoms with E-state index < -0.39 is 17.6 Å². The largest absolute Gasteiger partial charge is 0.497 e. The zero-order chi connectivity index (χ0) is 25.5. The van der Waals surface area contributed by atoms with E-state index in [-0.39, 0.29) is 18.0 Å². The predicted octanol–water partition coefficient (Wildman–Crippen LogP) is 5.60. The quantitative estimate of drug-likeness (QED) is 0.293. The number of carbonyl (C=O) groups is 1. The maximum absolute atomic E-state index is 13.2. The number of nitrogens with zero attached hydrogens (tertiary/aromatic N) is 3. The molecule has 36 heavy (non-hydrogen) atoms. The lowest BCUT2D eigenvalue weighted by Gasteiger charge is -2.14. The van der Waals surface area contributed by atoms with E-state index in [1.54, 1.807) is 35.9 Å². The van der Waals surface area contributed by atoms with Gasteiger partial charge in [0.25, 0.3) is 0 Å². The molecule has 0 saturated carbocycles. The van der Waals surface area contributed by atoms with E-state index >= 15 is 0 Å². The van der Waals surface area contributed by atoms with Crippen molar-refractivity contribution < 1.29 is 27.4 Å². The number of methoxy groups -OCH3 is 1. The molecule has 0 bridgehead atoms. The lowest BCUT2D eigenvalue weighted by molar-refractivity contribution is -0.137. The van der Waals surface area contributed by atoms with Gasteiger partial charge in [-0.3, -0.25) is 9.36 Å². The summed E-state index contributed by atoms with van der Waals surface area (Å²) in [6, 6.07) is 21.2. The van der Waals surface area contributed by atoms with E-state index in [4.69, 9.17) is 9.47 Å². The Balaban J connectivity index is 1.49. The van der Waals surface area contributed by atoms with Gasteiger partial charge in [0, 0.05) is 5.69 Å². The topological polar surface area (TPSA) is 78.3 Å². The Kier molecular flexibility index (Phi) is 7.79. The van der Waals surface area contributed by atoms with Crippen LogP contribution in [0.4, 0.5) is 18.9 Å². The minimum Gasteiger partial charge on any atom is -0.497 e. The minimum absolute atomic E-state index is 0.0972. The molecule has 0 saturated heterocycles. The molecule has 0 atom stereocenters. The molecule has 1 N–H and O–H groups in total. The van der Waals surface area contributed by atoms with Crippen LogP contribution < -0.4 is 14.8 Å². The monoisotopic (exact) mass is 514 g/mol. The second-order valence-corrected chi connectivity index (χ2v) is 8.36. The van der Waals surface area contributed by atoms with Gasteiger partial charge >= 0.3 is 6.18 Å². The molecule has 0 fully saturated rings. The fourth-order valence-electron chi connectivity index (χ4n) is 3.30. The molecule has 0 aliphatic carbocycles. The molecule has 1 heterocycles. The molecule has 186 valence electrons. The van der Waals surface area contributed by atoms with Gasteiger partial charge in [-0.25, -0.2) is 0 Å². The Morgan fingerprint density at radius 2 is 1.61 bits per heavy atom. The lowest BCUT2D eigenvalue weighted by Crippen LogP contribution is -2.18. The summed E-state index contributed by atoms with van der Waals surface area (Å²) >= 11 is 1.05. The number of halogens is 3. The van der Waals surface area contributed by atoms with Crippen molar-refractivity contribution in [3.05, 3.63) is 90.3 Å². The molecule has 1 amide bonds. The molecule has 0 unspecified atom stereocenters. The first-order valence-corrected chi connectivity index (χ1v) is 11.7. The molecule has 0 aliphatic heterocycles. The summed E-state index contributed by atoms with van der Waals surface area (Å²) in [5, 5.41) is 11.1. The number of carbonyl (C=O) groups excluding carboxylic acids is 1. The molecule has 1 aromatic heterocycles. The van der Waals surface area contributed by atoms with Crippen molar-refractivity contribution in [1.82, 2.24) is 14.8 Å². The van der Waals surface area contributed by atoms with Crippen molar-refractivity contribution in [3.63, 3.8) is 0 Å². The SMILES string of the molecule is COc1ccc(OCc2nnc(SCC(=O)Nc3ccccc3C(F)(F)F)n2-c2ccccc2)cc1. The molecule has 0 aliphatic rings. The second kappa shape index (κ2) is 11.2. The van der Waals surface area contributed by atoms with Crippen LogP contribution in [0.15, 0.2) is 84.0 Å². The van der Waals surface area contributed by atoms with E-state index in [1.165, 1.54) is 18.2 Å². The fourth-order valence-corrected chi connectivity index (χ4v) is 4.07. The van der Waals surface area contributed by atoms with Crippen molar-refractivity contribution in [2.24, 2.45) is 0 Å². The van der Waals surface area contributed by atoms with Crippen LogP contribution in [-0.4, -0.2) is 33.5 Å². The Morgan fingerprint density at radius 3 is 2.31 bits per heavy atom. The molecule has 0 radical (unpaired) electrons. The fraction of sp³-hybridized carbons (Fsp3) is 0.160. The molecular formula is C25H21F3N4O3S. The van der Waals surface area contributed by atoms with E-state index in [9.17, 15) is 18.0 Å². The highest BCUT2D eigenvalue weighted by molar-refractivity contribution is 7.99. The van der Waals surface area contributed by atoms with Crippen LogP contribution in [0.5, 0.6) is 11.5 Å². The number of rotatable bonds is 9. The van der Waals surface area contributed by atoms with Gasteiger partial charge in [0.2, 0.25) is 5.91 Å². The van der Waals surface area contributed by atoms with E-state index in [1.807, 2.05) is 30.3 Å². The van der Waals surface area contributed by atoms with Crippen LogP contribution in [-0.2, 0) is 17.6 Å². The highest BCUT2D eigenvalue weighted by atomic mass is 32.2. The Morgan fingerprint density at radius 1 is 0.944 bits per heavy atom. The summed E-state index contributed by atoms with van der Waals surface area (Å²) in [6.07, 6.45) is -4.58. The predicted molar refractivity (Wildman–Crippen MR) is 129 cm³/mol. The molecule has 7 nitrogen and oxygen atoms in total. The van der Waals surface area contributed by atoms with Gasteiger partial charge in [-0.05, 0) is 48.5 Å². The first-order valence-electron chi connectivity index (χ1n) is 10.7. The van der Waals surface area contributed by atoms with Gasteiger partial charge < -0.3 is 14.8 Å². The van der Waals surface area contributed by atoms with Crippen molar-refractivity contribution >= 4 is 23.4 Å². The van der Waals surface area contributed by atoms with Crippen LogP contribution >= 0.6 is 11.8 Å².